The van der Waals surface area contributed by atoms with Gasteiger partial charge < -0.3 is 9.47 Å². The van der Waals surface area contributed by atoms with Crippen LogP contribution >= 0.6 is 0 Å². The van der Waals surface area contributed by atoms with E-state index in [-0.39, 0.29) is 17.7 Å². The number of carbonyl (C=O) groups is 3. The maximum Gasteiger partial charge on any atom is 0.330 e. The molecule has 0 aromatic rings. The molecule has 0 atom stereocenters. The van der Waals surface area contributed by atoms with Crippen LogP contribution in [-0.4, -0.2) is 31.9 Å². The number of carbonyl (C=O) groups excluding carboxylic acids is 3. The summed E-state index contributed by atoms with van der Waals surface area (Å²) in [5.41, 5.74) is 0. The Balaban J connectivity index is 3.51. The molecule has 0 radical (unpaired) electrons. The van der Waals surface area contributed by atoms with Gasteiger partial charge in [0, 0.05) is 25.0 Å². The van der Waals surface area contributed by atoms with Crippen molar-refractivity contribution in [2.24, 2.45) is 0 Å². The fourth-order valence-electron chi connectivity index (χ4n) is 1.62. The molecule has 0 fully saturated rings. The van der Waals surface area contributed by atoms with Crippen molar-refractivity contribution in [3.8, 4) is 0 Å². The van der Waals surface area contributed by atoms with Gasteiger partial charge in [-0.15, -0.1) is 0 Å². The van der Waals surface area contributed by atoms with E-state index in [9.17, 15) is 14.4 Å². The Morgan fingerprint density at radius 3 is 1.76 bits per heavy atom. The van der Waals surface area contributed by atoms with Crippen LogP contribution in [-0.2, 0) is 23.9 Å². The first-order valence-corrected chi connectivity index (χ1v) is 7.10. The third kappa shape index (κ3) is 12.9. The molecule has 0 aliphatic carbocycles. The van der Waals surface area contributed by atoms with E-state index >= 15 is 0 Å². The van der Waals surface area contributed by atoms with E-state index < -0.39 is 0 Å². The van der Waals surface area contributed by atoms with Crippen LogP contribution in [0.2, 0.25) is 0 Å². The Morgan fingerprint density at radius 1 is 0.762 bits per heavy atom. The molecule has 0 spiro atoms. The van der Waals surface area contributed by atoms with Gasteiger partial charge in [0.1, 0.15) is 5.78 Å². The normalized spacial score (nSPS) is 11.0. The van der Waals surface area contributed by atoms with Crippen molar-refractivity contribution in [2.75, 3.05) is 14.2 Å². The third-order valence-corrected chi connectivity index (χ3v) is 2.81. The van der Waals surface area contributed by atoms with Gasteiger partial charge in [0.15, 0.2) is 0 Å². The minimum atomic E-state index is -0.374. The van der Waals surface area contributed by atoms with E-state index in [0.29, 0.717) is 19.3 Å². The van der Waals surface area contributed by atoms with Crippen LogP contribution in [0.4, 0.5) is 0 Å². The van der Waals surface area contributed by atoms with Crippen LogP contribution in [0.25, 0.3) is 0 Å². The number of methoxy groups -OCH3 is 2. The van der Waals surface area contributed by atoms with E-state index in [1.54, 1.807) is 12.2 Å². The van der Waals surface area contributed by atoms with Crippen molar-refractivity contribution >= 4 is 17.7 Å². The zero-order chi connectivity index (χ0) is 15.9. The van der Waals surface area contributed by atoms with Gasteiger partial charge >= 0.3 is 11.9 Å². The zero-order valence-corrected chi connectivity index (χ0v) is 12.8. The summed E-state index contributed by atoms with van der Waals surface area (Å²) in [6, 6.07) is 0. The molecule has 0 saturated heterocycles. The number of rotatable bonds is 11. The van der Waals surface area contributed by atoms with Gasteiger partial charge in [0.25, 0.3) is 0 Å². The van der Waals surface area contributed by atoms with E-state index in [1.807, 2.05) is 0 Å². The van der Waals surface area contributed by atoms with E-state index in [0.717, 1.165) is 25.7 Å². The molecule has 0 aliphatic rings. The molecule has 0 unspecified atom stereocenters. The molecular formula is C16H24O5. The smallest absolute Gasteiger partial charge is 0.330 e. The summed E-state index contributed by atoms with van der Waals surface area (Å²) in [6.07, 6.45) is 11.2. The molecule has 0 aromatic carbocycles. The van der Waals surface area contributed by atoms with E-state index in [4.69, 9.17) is 0 Å². The standard InChI is InChI=1S/C16H24O5/c1-20-15(18)12-8-4-3-6-10-14(17)11-7-5-9-13-16(19)21-2/h8-9,12-13H,3-7,10-11H2,1-2H3/b12-8+,13-9+. The van der Waals surface area contributed by atoms with Crippen molar-refractivity contribution in [3.63, 3.8) is 0 Å². The third-order valence-electron chi connectivity index (χ3n) is 2.81. The molecule has 0 bridgehead atoms. The van der Waals surface area contributed by atoms with Crippen LogP contribution in [0.1, 0.15) is 44.9 Å². The molecule has 0 heterocycles. The Labute approximate surface area is 126 Å². The Hall–Kier alpha value is -1.91. The fourth-order valence-corrected chi connectivity index (χ4v) is 1.62. The van der Waals surface area contributed by atoms with Gasteiger partial charge in [-0.05, 0) is 32.1 Å². The lowest BCUT2D eigenvalue weighted by molar-refractivity contribution is -0.135. The van der Waals surface area contributed by atoms with Crippen molar-refractivity contribution in [1.29, 1.82) is 0 Å². The quantitative estimate of drug-likeness (QED) is 0.333. The summed E-state index contributed by atoms with van der Waals surface area (Å²) in [5, 5.41) is 0. The summed E-state index contributed by atoms with van der Waals surface area (Å²) < 4.78 is 8.92. The molecule has 5 nitrogen and oxygen atoms in total. The predicted octanol–water partition coefficient (Wildman–Crippen LogP) is 2.74. The number of ether oxygens (including phenoxy) is 2. The van der Waals surface area contributed by atoms with Gasteiger partial charge in [0.05, 0.1) is 14.2 Å². The van der Waals surface area contributed by atoms with Crippen molar-refractivity contribution in [3.05, 3.63) is 24.3 Å². The average Bonchev–Trinajstić information content (AvgIpc) is 2.49. The second kappa shape index (κ2) is 13.1. The molecule has 0 N–H and O–H groups in total. The maximum absolute atomic E-state index is 11.6. The number of allylic oxidation sites excluding steroid dienone is 2. The predicted molar refractivity (Wildman–Crippen MR) is 79.6 cm³/mol. The molecule has 0 rings (SSSR count). The largest absolute Gasteiger partial charge is 0.466 e. The van der Waals surface area contributed by atoms with Crippen LogP contribution < -0.4 is 0 Å². The SMILES string of the molecule is COC(=O)/C=C/CCCCC(=O)CCC/C=C/C(=O)OC. The first kappa shape index (κ1) is 19.1. The first-order valence-electron chi connectivity index (χ1n) is 7.10. The van der Waals surface area contributed by atoms with Crippen molar-refractivity contribution < 1.29 is 23.9 Å². The highest BCUT2D eigenvalue weighted by atomic mass is 16.5. The molecule has 5 heteroatoms. The van der Waals surface area contributed by atoms with Gasteiger partial charge in [-0.1, -0.05) is 12.2 Å². The molecule has 0 aromatic heterocycles. The van der Waals surface area contributed by atoms with Crippen LogP contribution in [0.15, 0.2) is 24.3 Å². The molecular weight excluding hydrogens is 272 g/mol. The molecule has 0 saturated carbocycles. The maximum atomic E-state index is 11.6. The Bertz CT molecular complexity index is 382. The van der Waals surface area contributed by atoms with Gasteiger partial charge in [0.2, 0.25) is 0 Å². The Morgan fingerprint density at radius 2 is 1.24 bits per heavy atom. The zero-order valence-electron chi connectivity index (χ0n) is 12.8. The number of unbranched alkanes of at least 4 members (excludes halogenated alkanes) is 3. The van der Waals surface area contributed by atoms with E-state index in [1.165, 1.54) is 26.4 Å². The summed E-state index contributed by atoms with van der Waals surface area (Å²) in [7, 11) is 2.67. The van der Waals surface area contributed by atoms with Gasteiger partial charge in [-0.25, -0.2) is 9.59 Å². The minimum Gasteiger partial charge on any atom is -0.466 e. The van der Waals surface area contributed by atoms with Gasteiger partial charge in [-0.2, -0.15) is 0 Å². The lowest BCUT2D eigenvalue weighted by Crippen LogP contribution is -1.97. The second-order valence-electron chi connectivity index (χ2n) is 4.53. The summed E-state index contributed by atoms with van der Waals surface area (Å²) >= 11 is 0. The number of esters is 2. The number of hydrogen-bond acceptors (Lipinski definition) is 5. The molecule has 21 heavy (non-hydrogen) atoms. The second-order valence-corrected chi connectivity index (χ2v) is 4.53. The highest BCUT2D eigenvalue weighted by molar-refractivity contribution is 5.82. The van der Waals surface area contributed by atoms with Crippen LogP contribution in [0, 0.1) is 0 Å². The molecule has 0 aliphatic heterocycles. The summed E-state index contributed by atoms with van der Waals surface area (Å²) in [5.74, 6) is -0.495. The van der Waals surface area contributed by atoms with Crippen molar-refractivity contribution in [2.45, 2.75) is 44.9 Å². The summed E-state index contributed by atoms with van der Waals surface area (Å²) in [4.78, 5) is 33.2. The van der Waals surface area contributed by atoms with Crippen LogP contribution in [0.3, 0.4) is 0 Å². The van der Waals surface area contributed by atoms with Gasteiger partial charge in [-0.3, -0.25) is 4.79 Å². The van der Waals surface area contributed by atoms with Crippen LogP contribution in [0.5, 0.6) is 0 Å². The topological polar surface area (TPSA) is 69.7 Å². The van der Waals surface area contributed by atoms with E-state index in [2.05, 4.69) is 9.47 Å². The lowest BCUT2D eigenvalue weighted by Gasteiger charge is -1.99. The highest BCUT2D eigenvalue weighted by Gasteiger charge is 2.01. The highest BCUT2D eigenvalue weighted by Crippen LogP contribution is 2.06. The minimum absolute atomic E-state index is 0.235. The molecule has 118 valence electrons. The first-order chi connectivity index (χ1) is 10.1. The number of ketones is 1. The van der Waals surface area contributed by atoms with Crippen molar-refractivity contribution in [1.82, 2.24) is 0 Å². The number of Topliss-reactive ketones (excluding diaryl/α,β-unsaturated/α-hetero) is 1. The fraction of sp³-hybridized carbons (Fsp3) is 0.562. The number of hydrogen-bond donors (Lipinski definition) is 0. The monoisotopic (exact) mass is 296 g/mol. The lowest BCUT2D eigenvalue weighted by atomic mass is 10.1. The average molecular weight is 296 g/mol. The molecule has 0 amide bonds. The Kier molecular flexibility index (Phi) is 11.9. The summed E-state index contributed by atoms with van der Waals surface area (Å²) in [6.45, 7) is 0.